The van der Waals surface area contributed by atoms with E-state index in [0.29, 0.717) is 31.2 Å². The van der Waals surface area contributed by atoms with Crippen LogP contribution >= 0.6 is 0 Å². The van der Waals surface area contributed by atoms with Gasteiger partial charge in [0.05, 0.1) is 5.69 Å². The predicted octanol–water partition coefficient (Wildman–Crippen LogP) is 0.932. The summed E-state index contributed by atoms with van der Waals surface area (Å²) < 4.78 is 7.25. The standard InChI is InChI=1S/C12H19N5O2/c1-12(2,3)11-15-14-10(19-11)8-17-7-9(13-16-17)5-4-6-18/h7,18H,4-6,8H2,1-3H3. The number of aliphatic hydroxyl groups is 1. The Bertz CT molecular complexity index is 526. The Balaban J connectivity index is 2.01. The lowest BCUT2D eigenvalue weighted by Crippen LogP contribution is -2.11. The number of aromatic nitrogens is 5. The molecule has 7 heteroatoms. The minimum absolute atomic E-state index is 0.153. The average molecular weight is 265 g/mol. The second kappa shape index (κ2) is 5.48. The van der Waals surface area contributed by atoms with Crippen molar-refractivity contribution in [3.63, 3.8) is 0 Å². The molecule has 0 aliphatic rings. The smallest absolute Gasteiger partial charge is 0.238 e. The van der Waals surface area contributed by atoms with E-state index in [1.54, 1.807) is 4.68 Å². The summed E-state index contributed by atoms with van der Waals surface area (Å²) in [6.45, 7) is 6.63. The highest BCUT2D eigenvalue weighted by atomic mass is 16.4. The van der Waals surface area contributed by atoms with Crippen molar-refractivity contribution in [1.82, 2.24) is 25.2 Å². The summed E-state index contributed by atoms with van der Waals surface area (Å²) in [5.74, 6) is 1.13. The number of hydrogen-bond acceptors (Lipinski definition) is 6. The van der Waals surface area contributed by atoms with E-state index in [1.165, 1.54) is 0 Å². The first-order valence-corrected chi connectivity index (χ1v) is 6.32. The quantitative estimate of drug-likeness (QED) is 0.865. The van der Waals surface area contributed by atoms with E-state index in [-0.39, 0.29) is 12.0 Å². The van der Waals surface area contributed by atoms with E-state index in [1.807, 2.05) is 27.0 Å². The second-order valence-corrected chi connectivity index (χ2v) is 5.49. The lowest BCUT2D eigenvalue weighted by atomic mass is 9.97. The number of aliphatic hydroxyl groups excluding tert-OH is 1. The fourth-order valence-corrected chi connectivity index (χ4v) is 1.55. The number of nitrogens with zero attached hydrogens (tertiary/aromatic N) is 5. The number of rotatable bonds is 5. The van der Waals surface area contributed by atoms with Gasteiger partial charge in [-0.05, 0) is 12.8 Å². The second-order valence-electron chi connectivity index (χ2n) is 5.49. The molecule has 2 rings (SSSR count). The Labute approximate surface area is 111 Å². The first-order chi connectivity index (χ1) is 8.99. The van der Waals surface area contributed by atoms with Gasteiger partial charge in [-0.2, -0.15) is 0 Å². The minimum Gasteiger partial charge on any atom is -0.423 e. The number of hydrogen-bond donors (Lipinski definition) is 1. The first-order valence-electron chi connectivity index (χ1n) is 6.32. The average Bonchev–Trinajstić information content (AvgIpc) is 2.95. The Morgan fingerprint density at radius 3 is 2.68 bits per heavy atom. The minimum atomic E-state index is -0.153. The van der Waals surface area contributed by atoms with E-state index in [0.717, 1.165) is 5.69 Å². The molecule has 0 unspecified atom stereocenters. The van der Waals surface area contributed by atoms with Gasteiger partial charge in [-0.15, -0.1) is 15.3 Å². The molecule has 0 amide bonds. The van der Waals surface area contributed by atoms with Crippen molar-refractivity contribution in [2.24, 2.45) is 0 Å². The van der Waals surface area contributed by atoms with Crippen LogP contribution < -0.4 is 0 Å². The van der Waals surface area contributed by atoms with E-state index in [2.05, 4.69) is 20.5 Å². The third-order valence-corrected chi connectivity index (χ3v) is 2.58. The van der Waals surface area contributed by atoms with Crippen molar-refractivity contribution in [3.8, 4) is 0 Å². The highest BCUT2D eigenvalue weighted by Gasteiger charge is 2.21. The lowest BCUT2D eigenvalue weighted by molar-refractivity contribution is 0.288. The molecule has 0 aliphatic heterocycles. The van der Waals surface area contributed by atoms with Crippen LogP contribution in [-0.4, -0.2) is 36.9 Å². The molecule has 0 aromatic carbocycles. The van der Waals surface area contributed by atoms with Gasteiger partial charge in [0.2, 0.25) is 11.8 Å². The molecule has 0 spiro atoms. The third-order valence-electron chi connectivity index (χ3n) is 2.58. The summed E-state index contributed by atoms with van der Waals surface area (Å²) in [6, 6.07) is 0. The Morgan fingerprint density at radius 2 is 2.05 bits per heavy atom. The van der Waals surface area contributed by atoms with E-state index in [4.69, 9.17) is 9.52 Å². The highest BCUT2D eigenvalue weighted by molar-refractivity contribution is 4.97. The topological polar surface area (TPSA) is 89.9 Å². The molecular weight excluding hydrogens is 246 g/mol. The molecule has 2 aromatic rings. The molecule has 2 heterocycles. The summed E-state index contributed by atoms with van der Waals surface area (Å²) >= 11 is 0. The van der Waals surface area contributed by atoms with Crippen molar-refractivity contribution < 1.29 is 9.52 Å². The molecular formula is C12H19N5O2. The zero-order valence-corrected chi connectivity index (χ0v) is 11.5. The largest absolute Gasteiger partial charge is 0.423 e. The molecule has 0 radical (unpaired) electrons. The van der Waals surface area contributed by atoms with Crippen LogP contribution in [-0.2, 0) is 18.4 Å². The maximum atomic E-state index is 8.76. The highest BCUT2D eigenvalue weighted by Crippen LogP contribution is 2.20. The van der Waals surface area contributed by atoms with Crippen molar-refractivity contribution in [3.05, 3.63) is 23.7 Å². The van der Waals surface area contributed by atoms with Gasteiger partial charge in [-0.3, -0.25) is 0 Å². The van der Waals surface area contributed by atoms with Crippen molar-refractivity contribution in [1.29, 1.82) is 0 Å². The van der Waals surface area contributed by atoms with Gasteiger partial charge in [-0.1, -0.05) is 26.0 Å². The van der Waals surface area contributed by atoms with Crippen LogP contribution in [0.5, 0.6) is 0 Å². The first kappa shape index (κ1) is 13.7. The van der Waals surface area contributed by atoms with Gasteiger partial charge in [-0.25, -0.2) is 4.68 Å². The zero-order valence-electron chi connectivity index (χ0n) is 11.5. The predicted molar refractivity (Wildman–Crippen MR) is 67.5 cm³/mol. The van der Waals surface area contributed by atoms with Crippen LogP contribution in [0.25, 0.3) is 0 Å². The third kappa shape index (κ3) is 3.60. The molecule has 0 fully saturated rings. The molecule has 1 N–H and O–H groups in total. The Kier molecular flexibility index (Phi) is 3.94. The fraction of sp³-hybridized carbons (Fsp3) is 0.667. The van der Waals surface area contributed by atoms with Gasteiger partial charge in [0, 0.05) is 18.2 Å². The van der Waals surface area contributed by atoms with Gasteiger partial charge < -0.3 is 9.52 Å². The van der Waals surface area contributed by atoms with Crippen LogP contribution in [0.2, 0.25) is 0 Å². The summed E-state index contributed by atoms with van der Waals surface area (Å²) in [7, 11) is 0. The normalized spacial score (nSPS) is 12.0. The van der Waals surface area contributed by atoms with Crippen LogP contribution in [0.4, 0.5) is 0 Å². The fourth-order valence-electron chi connectivity index (χ4n) is 1.55. The molecule has 7 nitrogen and oxygen atoms in total. The summed E-state index contributed by atoms with van der Waals surface area (Å²) in [5.41, 5.74) is 0.699. The molecule has 19 heavy (non-hydrogen) atoms. The van der Waals surface area contributed by atoms with Gasteiger partial charge >= 0.3 is 0 Å². The molecule has 0 bridgehead atoms. The van der Waals surface area contributed by atoms with Gasteiger partial charge in [0.15, 0.2) is 0 Å². The lowest BCUT2D eigenvalue weighted by Gasteiger charge is -2.10. The maximum absolute atomic E-state index is 8.76. The SMILES string of the molecule is CC(C)(C)c1nnc(Cn2cc(CCCO)nn2)o1. The Morgan fingerprint density at radius 1 is 1.26 bits per heavy atom. The molecule has 2 aromatic heterocycles. The van der Waals surface area contributed by atoms with Crippen LogP contribution in [0.1, 0.15) is 44.7 Å². The molecule has 0 atom stereocenters. The summed E-state index contributed by atoms with van der Waals surface area (Å²) in [6.07, 6.45) is 3.23. The zero-order chi connectivity index (χ0) is 13.9. The summed E-state index contributed by atoms with van der Waals surface area (Å²) in [5, 5.41) is 24.8. The van der Waals surface area contributed by atoms with Crippen molar-refractivity contribution in [2.45, 2.75) is 45.6 Å². The van der Waals surface area contributed by atoms with E-state index < -0.39 is 0 Å². The van der Waals surface area contributed by atoms with Gasteiger partial charge in [0.25, 0.3) is 0 Å². The van der Waals surface area contributed by atoms with Crippen LogP contribution in [0.15, 0.2) is 10.6 Å². The molecule has 104 valence electrons. The van der Waals surface area contributed by atoms with Crippen molar-refractivity contribution >= 4 is 0 Å². The molecule has 0 saturated carbocycles. The van der Waals surface area contributed by atoms with E-state index in [9.17, 15) is 0 Å². The Hall–Kier alpha value is -1.76. The van der Waals surface area contributed by atoms with E-state index >= 15 is 0 Å². The monoisotopic (exact) mass is 265 g/mol. The van der Waals surface area contributed by atoms with Crippen LogP contribution in [0, 0.1) is 0 Å². The van der Waals surface area contributed by atoms with Crippen molar-refractivity contribution in [2.75, 3.05) is 6.61 Å². The van der Waals surface area contributed by atoms with Crippen LogP contribution in [0.3, 0.4) is 0 Å². The summed E-state index contributed by atoms with van der Waals surface area (Å²) in [4.78, 5) is 0. The maximum Gasteiger partial charge on any atom is 0.238 e. The van der Waals surface area contributed by atoms with Gasteiger partial charge in [0.1, 0.15) is 6.54 Å². The number of aryl methyl sites for hydroxylation is 1. The molecule has 0 aliphatic carbocycles. The molecule has 0 saturated heterocycles.